The highest BCUT2D eigenvalue weighted by molar-refractivity contribution is 5.68. The summed E-state index contributed by atoms with van der Waals surface area (Å²) in [5.41, 5.74) is 0. The highest BCUT2D eigenvalue weighted by Gasteiger charge is 2.30. The Morgan fingerprint density at radius 2 is 2.11 bits per heavy atom. The Hall–Kier alpha value is -1.30. The van der Waals surface area contributed by atoms with E-state index < -0.39 is 12.1 Å². The van der Waals surface area contributed by atoms with E-state index in [-0.39, 0.29) is 18.4 Å². The van der Waals surface area contributed by atoms with Crippen LogP contribution in [-0.4, -0.2) is 54.4 Å². The summed E-state index contributed by atoms with van der Waals surface area (Å²) in [7, 11) is 1.33. The fraction of sp³-hybridized carbons (Fsp3) is 0.833. The molecule has 104 valence electrons. The number of carboxylic acid groups (broad SMARTS) is 1. The number of amides is 1. The number of carboxylic acids is 1. The molecule has 2 atom stereocenters. The van der Waals surface area contributed by atoms with Crippen molar-refractivity contribution < 1.29 is 19.4 Å². The molecule has 1 aliphatic rings. The summed E-state index contributed by atoms with van der Waals surface area (Å²) in [4.78, 5) is 24.2. The Labute approximate surface area is 107 Å². The van der Waals surface area contributed by atoms with Crippen molar-refractivity contribution in [3.8, 4) is 0 Å². The number of carbonyl (C=O) groups is 2. The number of likely N-dealkylation sites (tertiary alicyclic amines) is 1. The first kappa shape index (κ1) is 14.8. The maximum atomic E-state index is 11.2. The van der Waals surface area contributed by atoms with E-state index >= 15 is 0 Å². The molecular formula is C12H22N2O4. The highest BCUT2D eigenvalue weighted by Crippen LogP contribution is 2.21. The average Bonchev–Trinajstić information content (AvgIpc) is 2.27. The van der Waals surface area contributed by atoms with Crippen LogP contribution in [0.5, 0.6) is 0 Å². The molecule has 1 aliphatic heterocycles. The predicted octanol–water partition coefficient (Wildman–Crippen LogP) is 0.916. The SMILES string of the molecule is COC(=O)NC1CC(CC(=O)O)CN(C(C)C)C1. The van der Waals surface area contributed by atoms with Gasteiger partial charge < -0.3 is 15.2 Å². The minimum absolute atomic E-state index is 0.0436. The minimum Gasteiger partial charge on any atom is -0.481 e. The lowest BCUT2D eigenvalue weighted by Crippen LogP contribution is -2.53. The fourth-order valence-corrected chi connectivity index (χ4v) is 2.39. The zero-order valence-electron chi connectivity index (χ0n) is 11.2. The van der Waals surface area contributed by atoms with Crippen LogP contribution in [0.15, 0.2) is 0 Å². The number of ether oxygens (including phenoxy) is 1. The van der Waals surface area contributed by atoms with Crippen molar-refractivity contribution in [3.63, 3.8) is 0 Å². The summed E-state index contributed by atoms with van der Waals surface area (Å²) in [6.45, 7) is 5.64. The Kier molecular flexibility index (Phi) is 5.40. The number of rotatable bonds is 4. The van der Waals surface area contributed by atoms with Gasteiger partial charge in [-0.3, -0.25) is 9.69 Å². The van der Waals surface area contributed by atoms with Crippen LogP contribution in [0.2, 0.25) is 0 Å². The van der Waals surface area contributed by atoms with Crippen molar-refractivity contribution in [1.82, 2.24) is 10.2 Å². The molecule has 0 radical (unpaired) electrons. The lowest BCUT2D eigenvalue weighted by Gasteiger charge is -2.39. The number of nitrogens with one attached hydrogen (secondary N) is 1. The molecule has 2 N–H and O–H groups in total. The monoisotopic (exact) mass is 258 g/mol. The Morgan fingerprint density at radius 3 is 2.61 bits per heavy atom. The van der Waals surface area contributed by atoms with Crippen LogP contribution in [0.3, 0.4) is 0 Å². The largest absolute Gasteiger partial charge is 0.481 e. The molecule has 1 fully saturated rings. The van der Waals surface area contributed by atoms with Crippen LogP contribution in [0.1, 0.15) is 26.7 Å². The molecule has 1 heterocycles. The predicted molar refractivity (Wildman–Crippen MR) is 66.4 cm³/mol. The number of hydrogen-bond donors (Lipinski definition) is 2. The molecule has 1 amide bonds. The first-order valence-electron chi connectivity index (χ1n) is 6.22. The van der Waals surface area contributed by atoms with Gasteiger partial charge in [-0.2, -0.15) is 0 Å². The van der Waals surface area contributed by atoms with Crippen LogP contribution in [-0.2, 0) is 9.53 Å². The third kappa shape index (κ3) is 4.52. The van der Waals surface area contributed by atoms with Crippen molar-refractivity contribution >= 4 is 12.1 Å². The smallest absolute Gasteiger partial charge is 0.407 e. The normalized spacial score (nSPS) is 24.9. The summed E-state index contributed by atoms with van der Waals surface area (Å²) in [5, 5.41) is 11.6. The van der Waals surface area contributed by atoms with E-state index in [0.29, 0.717) is 12.5 Å². The standard InChI is InChI=1S/C12H22N2O4/c1-8(2)14-6-9(5-11(15)16)4-10(7-14)13-12(17)18-3/h8-10H,4-7H2,1-3H3,(H,13,17)(H,15,16). The summed E-state index contributed by atoms with van der Waals surface area (Å²) >= 11 is 0. The zero-order valence-corrected chi connectivity index (χ0v) is 11.2. The Bertz CT molecular complexity index is 306. The van der Waals surface area contributed by atoms with Gasteiger partial charge in [0, 0.05) is 31.6 Å². The second-order valence-corrected chi connectivity index (χ2v) is 5.08. The van der Waals surface area contributed by atoms with Gasteiger partial charge in [-0.1, -0.05) is 0 Å². The van der Waals surface area contributed by atoms with Gasteiger partial charge in [-0.05, 0) is 26.2 Å². The van der Waals surface area contributed by atoms with E-state index in [1.54, 1.807) is 0 Å². The molecule has 6 nitrogen and oxygen atoms in total. The van der Waals surface area contributed by atoms with Gasteiger partial charge in [0.2, 0.25) is 0 Å². The van der Waals surface area contributed by atoms with Crippen molar-refractivity contribution in [2.75, 3.05) is 20.2 Å². The van der Waals surface area contributed by atoms with E-state index in [1.165, 1.54) is 7.11 Å². The maximum absolute atomic E-state index is 11.2. The average molecular weight is 258 g/mol. The first-order valence-corrected chi connectivity index (χ1v) is 6.22. The lowest BCUT2D eigenvalue weighted by molar-refractivity contribution is -0.138. The van der Waals surface area contributed by atoms with E-state index in [4.69, 9.17) is 5.11 Å². The van der Waals surface area contributed by atoms with Gasteiger partial charge in [-0.25, -0.2) is 4.79 Å². The molecule has 0 spiro atoms. The number of aliphatic carboxylic acids is 1. The van der Waals surface area contributed by atoms with Crippen molar-refractivity contribution in [2.45, 2.75) is 38.8 Å². The Morgan fingerprint density at radius 1 is 1.44 bits per heavy atom. The van der Waals surface area contributed by atoms with Crippen molar-refractivity contribution in [1.29, 1.82) is 0 Å². The molecule has 0 aromatic carbocycles. The van der Waals surface area contributed by atoms with Crippen LogP contribution in [0.25, 0.3) is 0 Å². The van der Waals surface area contributed by atoms with Gasteiger partial charge in [0.15, 0.2) is 0 Å². The molecular weight excluding hydrogens is 236 g/mol. The summed E-state index contributed by atoms with van der Waals surface area (Å²) in [6, 6.07) is 0.293. The highest BCUT2D eigenvalue weighted by atomic mass is 16.5. The fourth-order valence-electron chi connectivity index (χ4n) is 2.39. The van der Waals surface area contributed by atoms with Gasteiger partial charge in [0.05, 0.1) is 7.11 Å². The molecule has 0 aliphatic carbocycles. The summed E-state index contributed by atoms with van der Waals surface area (Å²) in [6.07, 6.45) is 0.368. The Balaban J connectivity index is 2.61. The first-order chi connectivity index (χ1) is 8.42. The zero-order chi connectivity index (χ0) is 13.7. The molecule has 18 heavy (non-hydrogen) atoms. The number of nitrogens with zero attached hydrogens (tertiary/aromatic N) is 1. The second kappa shape index (κ2) is 6.58. The van der Waals surface area contributed by atoms with Crippen LogP contribution in [0, 0.1) is 5.92 Å². The van der Waals surface area contributed by atoms with Gasteiger partial charge in [-0.15, -0.1) is 0 Å². The molecule has 2 unspecified atom stereocenters. The molecule has 6 heteroatoms. The van der Waals surface area contributed by atoms with Gasteiger partial charge >= 0.3 is 12.1 Å². The van der Waals surface area contributed by atoms with E-state index in [0.717, 1.165) is 13.1 Å². The number of hydrogen-bond acceptors (Lipinski definition) is 4. The number of alkyl carbamates (subject to hydrolysis) is 1. The molecule has 0 aromatic heterocycles. The molecule has 0 bridgehead atoms. The molecule has 0 aromatic rings. The minimum atomic E-state index is -0.789. The molecule has 1 rings (SSSR count). The quantitative estimate of drug-likeness (QED) is 0.783. The number of piperidine rings is 1. The topological polar surface area (TPSA) is 78.9 Å². The van der Waals surface area contributed by atoms with Gasteiger partial charge in [0.1, 0.15) is 0 Å². The van der Waals surface area contributed by atoms with Gasteiger partial charge in [0.25, 0.3) is 0 Å². The van der Waals surface area contributed by atoms with E-state index in [1.807, 2.05) is 0 Å². The number of methoxy groups -OCH3 is 1. The van der Waals surface area contributed by atoms with E-state index in [2.05, 4.69) is 28.8 Å². The summed E-state index contributed by atoms with van der Waals surface area (Å²) in [5.74, 6) is -0.719. The van der Waals surface area contributed by atoms with E-state index in [9.17, 15) is 9.59 Å². The maximum Gasteiger partial charge on any atom is 0.407 e. The summed E-state index contributed by atoms with van der Waals surface area (Å²) < 4.78 is 4.58. The third-order valence-electron chi connectivity index (χ3n) is 3.27. The number of carbonyl (C=O) groups excluding carboxylic acids is 1. The van der Waals surface area contributed by atoms with Crippen LogP contribution in [0.4, 0.5) is 4.79 Å². The van der Waals surface area contributed by atoms with Crippen LogP contribution < -0.4 is 5.32 Å². The molecule has 1 saturated heterocycles. The van der Waals surface area contributed by atoms with Crippen LogP contribution >= 0.6 is 0 Å². The molecule has 0 saturated carbocycles. The van der Waals surface area contributed by atoms with Crippen molar-refractivity contribution in [3.05, 3.63) is 0 Å². The van der Waals surface area contributed by atoms with Crippen molar-refractivity contribution in [2.24, 2.45) is 5.92 Å². The lowest BCUT2D eigenvalue weighted by atomic mass is 9.91. The third-order valence-corrected chi connectivity index (χ3v) is 3.27. The second-order valence-electron chi connectivity index (χ2n) is 5.08.